The molecule has 2 aromatic rings. The lowest BCUT2D eigenvalue weighted by molar-refractivity contribution is -0.121. The number of carbonyl (C=O) groups is 1. The SMILES string of the molecule is CC(C)C[C@@H]1N[C@@H](C(=O)CCC[C@H](O)CO)[C@H](c2cccc(Cl)c2)[C@@]1(C#N)c1ccc(Cl)cc1. The topological polar surface area (TPSA) is 93.3 Å². The van der Waals surface area contributed by atoms with E-state index in [1.54, 1.807) is 18.2 Å². The summed E-state index contributed by atoms with van der Waals surface area (Å²) < 4.78 is 0. The third-order valence-electron chi connectivity index (χ3n) is 6.69. The third kappa shape index (κ3) is 5.64. The predicted octanol–water partition coefficient (Wildman–Crippen LogP) is 5.02. The number of hydrogen-bond acceptors (Lipinski definition) is 5. The Morgan fingerprint density at radius 2 is 1.88 bits per heavy atom. The molecule has 1 fully saturated rings. The molecule has 182 valence electrons. The summed E-state index contributed by atoms with van der Waals surface area (Å²) in [6.07, 6.45) is 0.903. The quantitative estimate of drug-likeness (QED) is 0.424. The molecule has 5 atom stereocenters. The number of rotatable bonds is 10. The number of benzene rings is 2. The fourth-order valence-corrected chi connectivity index (χ4v) is 5.49. The van der Waals surface area contributed by atoms with E-state index in [-0.39, 0.29) is 24.9 Å². The molecule has 34 heavy (non-hydrogen) atoms. The van der Waals surface area contributed by atoms with E-state index in [1.165, 1.54) is 0 Å². The zero-order valence-electron chi connectivity index (χ0n) is 19.5. The number of hydrogen-bond donors (Lipinski definition) is 3. The molecular formula is C27H32Cl2N2O3. The zero-order valence-corrected chi connectivity index (χ0v) is 21.1. The molecule has 7 heteroatoms. The van der Waals surface area contributed by atoms with Crippen molar-refractivity contribution in [1.29, 1.82) is 5.26 Å². The van der Waals surface area contributed by atoms with E-state index >= 15 is 0 Å². The van der Waals surface area contributed by atoms with Crippen molar-refractivity contribution in [3.63, 3.8) is 0 Å². The fourth-order valence-electron chi connectivity index (χ4n) is 5.16. The Morgan fingerprint density at radius 3 is 2.47 bits per heavy atom. The van der Waals surface area contributed by atoms with Gasteiger partial charge in [0.1, 0.15) is 11.2 Å². The van der Waals surface area contributed by atoms with Crippen molar-refractivity contribution in [2.75, 3.05) is 6.61 Å². The number of nitrogens with zero attached hydrogens (tertiary/aromatic N) is 1. The number of aliphatic hydroxyl groups excluding tert-OH is 2. The van der Waals surface area contributed by atoms with E-state index in [2.05, 4.69) is 25.2 Å². The normalized spacial score (nSPS) is 25.3. The lowest BCUT2D eigenvalue weighted by Crippen LogP contribution is -2.42. The summed E-state index contributed by atoms with van der Waals surface area (Å²) in [4.78, 5) is 13.5. The first kappa shape index (κ1) is 26.7. The Hall–Kier alpha value is -1.94. The van der Waals surface area contributed by atoms with Gasteiger partial charge in [-0.1, -0.05) is 61.3 Å². The highest BCUT2D eigenvalue weighted by molar-refractivity contribution is 6.30. The third-order valence-corrected chi connectivity index (χ3v) is 7.18. The van der Waals surface area contributed by atoms with Gasteiger partial charge in [0.2, 0.25) is 0 Å². The molecule has 1 heterocycles. The number of aliphatic hydroxyl groups is 2. The monoisotopic (exact) mass is 502 g/mol. The smallest absolute Gasteiger partial charge is 0.150 e. The summed E-state index contributed by atoms with van der Waals surface area (Å²) in [6, 6.07) is 16.5. The molecule has 0 spiro atoms. The van der Waals surface area contributed by atoms with Gasteiger partial charge in [-0.05, 0) is 60.6 Å². The number of halogens is 2. The average molecular weight is 503 g/mol. The van der Waals surface area contributed by atoms with Gasteiger partial charge in [-0.3, -0.25) is 4.79 Å². The van der Waals surface area contributed by atoms with Crippen molar-refractivity contribution >= 4 is 29.0 Å². The molecule has 0 saturated carbocycles. The first-order valence-electron chi connectivity index (χ1n) is 11.7. The summed E-state index contributed by atoms with van der Waals surface area (Å²) in [5.41, 5.74) is 0.634. The van der Waals surface area contributed by atoms with Crippen LogP contribution in [-0.2, 0) is 10.2 Å². The first-order chi connectivity index (χ1) is 16.2. The van der Waals surface area contributed by atoms with Gasteiger partial charge >= 0.3 is 0 Å². The maximum atomic E-state index is 13.5. The van der Waals surface area contributed by atoms with Crippen molar-refractivity contribution < 1.29 is 15.0 Å². The van der Waals surface area contributed by atoms with Crippen LogP contribution in [0.2, 0.25) is 10.0 Å². The van der Waals surface area contributed by atoms with Crippen molar-refractivity contribution in [2.24, 2.45) is 5.92 Å². The van der Waals surface area contributed by atoms with Crippen LogP contribution in [0.3, 0.4) is 0 Å². The number of nitrogens with one attached hydrogen (secondary N) is 1. The second-order valence-corrected chi connectivity index (χ2v) is 10.4. The molecule has 0 radical (unpaired) electrons. The van der Waals surface area contributed by atoms with E-state index in [0.717, 1.165) is 11.1 Å². The minimum atomic E-state index is -1.01. The van der Waals surface area contributed by atoms with E-state index < -0.39 is 23.5 Å². The number of ketones is 1. The molecule has 5 nitrogen and oxygen atoms in total. The molecule has 0 aliphatic carbocycles. The summed E-state index contributed by atoms with van der Waals surface area (Å²) >= 11 is 12.5. The van der Waals surface area contributed by atoms with Gasteiger partial charge in [0.15, 0.2) is 0 Å². The molecular weight excluding hydrogens is 471 g/mol. The Bertz CT molecular complexity index is 1020. The number of nitriles is 1. The van der Waals surface area contributed by atoms with Crippen LogP contribution in [0.15, 0.2) is 48.5 Å². The molecule has 3 rings (SSSR count). The highest BCUT2D eigenvalue weighted by atomic mass is 35.5. The highest BCUT2D eigenvalue weighted by Gasteiger charge is 2.58. The van der Waals surface area contributed by atoms with Gasteiger partial charge < -0.3 is 15.5 Å². The van der Waals surface area contributed by atoms with E-state index in [9.17, 15) is 15.2 Å². The maximum Gasteiger partial charge on any atom is 0.150 e. The van der Waals surface area contributed by atoms with Crippen molar-refractivity contribution in [3.8, 4) is 6.07 Å². The van der Waals surface area contributed by atoms with Gasteiger partial charge in [-0.2, -0.15) is 5.26 Å². The summed E-state index contributed by atoms with van der Waals surface area (Å²) in [5.74, 6) is -0.183. The standard InChI is InChI=1S/C27H32Cl2N2O3/c1-17(2)13-24-27(16-30,19-9-11-20(28)12-10-19)25(18-5-3-6-21(29)14-18)26(31-24)23(34)8-4-7-22(33)15-32/h3,5-6,9-12,14,17,22,24-26,31-33H,4,7-8,13,15H2,1-2H3/t22-,24-,25-,26-,27-/m0/s1. The van der Waals surface area contributed by atoms with Crippen LogP contribution < -0.4 is 5.32 Å². The Morgan fingerprint density at radius 1 is 1.18 bits per heavy atom. The molecule has 1 saturated heterocycles. The van der Waals surface area contributed by atoms with E-state index in [1.807, 2.05) is 30.3 Å². The Labute approximate surface area is 211 Å². The highest BCUT2D eigenvalue weighted by Crippen LogP contribution is 2.50. The molecule has 1 aliphatic rings. The van der Waals surface area contributed by atoms with E-state index in [4.69, 9.17) is 28.3 Å². The summed E-state index contributed by atoms with van der Waals surface area (Å²) in [5, 5.41) is 34.2. The zero-order chi connectivity index (χ0) is 24.9. The van der Waals surface area contributed by atoms with Crippen LogP contribution in [-0.4, -0.2) is 40.8 Å². The number of carbonyl (C=O) groups excluding carboxylic acids is 1. The molecule has 0 unspecified atom stereocenters. The largest absolute Gasteiger partial charge is 0.394 e. The van der Waals surface area contributed by atoms with Gasteiger partial charge in [0, 0.05) is 28.4 Å². The molecule has 0 aromatic heterocycles. The predicted molar refractivity (Wildman–Crippen MR) is 135 cm³/mol. The van der Waals surface area contributed by atoms with Crippen molar-refractivity contribution in [3.05, 3.63) is 69.7 Å². The van der Waals surface area contributed by atoms with Crippen LogP contribution >= 0.6 is 23.2 Å². The minimum Gasteiger partial charge on any atom is -0.394 e. The van der Waals surface area contributed by atoms with Crippen molar-refractivity contribution in [2.45, 2.75) is 69.1 Å². The molecule has 0 amide bonds. The van der Waals surface area contributed by atoms with Crippen LogP contribution in [0.1, 0.15) is 56.6 Å². The molecule has 3 N–H and O–H groups in total. The number of Topliss-reactive ketones (excluding diaryl/α,β-unsaturated/α-hetero) is 1. The second-order valence-electron chi connectivity index (χ2n) is 9.54. The maximum absolute atomic E-state index is 13.5. The van der Waals surface area contributed by atoms with Gasteiger partial charge in [0.05, 0.1) is 24.8 Å². The van der Waals surface area contributed by atoms with Crippen LogP contribution in [0, 0.1) is 17.2 Å². The van der Waals surface area contributed by atoms with E-state index in [0.29, 0.717) is 35.2 Å². The van der Waals surface area contributed by atoms with Crippen LogP contribution in [0.5, 0.6) is 0 Å². The molecule has 0 bridgehead atoms. The first-order valence-corrected chi connectivity index (χ1v) is 12.5. The minimum absolute atomic E-state index is 0.0186. The second kappa shape index (κ2) is 11.7. The van der Waals surface area contributed by atoms with Gasteiger partial charge in [-0.15, -0.1) is 0 Å². The summed E-state index contributed by atoms with van der Waals surface area (Å²) in [6.45, 7) is 3.88. The Kier molecular flexibility index (Phi) is 9.14. The lowest BCUT2D eigenvalue weighted by atomic mass is 9.63. The van der Waals surface area contributed by atoms with Crippen LogP contribution in [0.25, 0.3) is 0 Å². The average Bonchev–Trinajstić information content (AvgIpc) is 3.13. The van der Waals surface area contributed by atoms with Crippen LogP contribution in [0.4, 0.5) is 0 Å². The summed E-state index contributed by atoms with van der Waals surface area (Å²) in [7, 11) is 0. The lowest BCUT2D eigenvalue weighted by Gasteiger charge is -2.35. The Balaban J connectivity index is 2.11. The molecule has 1 aliphatic heterocycles. The molecule has 2 aromatic carbocycles. The van der Waals surface area contributed by atoms with Gasteiger partial charge in [0.25, 0.3) is 0 Å². The van der Waals surface area contributed by atoms with Gasteiger partial charge in [-0.25, -0.2) is 0 Å². The fraction of sp³-hybridized carbons (Fsp3) is 0.481. The van der Waals surface area contributed by atoms with Crippen molar-refractivity contribution in [1.82, 2.24) is 5.32 Å².